The second kappa shape index (κ2) is 10.6. The molecular formula is C44H43N7O. The molecule has 0 atom stereocenters. The van der Waals surface area contributed by atoms with Gasteiger partial charge in [-0.05, 0) is 82.0 Å². The van der Waals surface area contributed by atoms with Crippen LogP contribution in [0.15, 0.2) is 91.0 Å². The molecule has 5 aromatic heterocycles. The van der Waals surface area contributed by atoms with Gasteiger partial charge in [-0.1, -0.05) is 98.7 Å². The lowest BCUT2D eigenvalue weighted by Gasteiger charge is -2.28. The Bertz CT molecular complexity index is 2880. The summed E-state index contributed by atoms with van der Waals surface area (Å²) in [7, 11) is 0. The number of para-hydroxylation sites is 4. The van der Waals surface area contributed by atoms with Crippen molar-refractivity contribution in [1.29, 1.82) is 0 Å². The number of nitrogens with zero attached hydrogens (tertiary/aromatic N) is 7. The summed E-state index contributed by atoms with van der Waals surface area (Å²) in [5, 5.41) is 11.9. The van der Waals surface area contributed by atoms with Crippen molar-refractivity contribution in [3.8, 4) is 28.3 Å². The number of rotatable bonds is 2. The average molecular weight is 686 g/mol. The van der Waals surface area contributed by atoms with E-state index >= 15 is 0 Å². The standard InChI is InChI=1S/C44H43N7O/c1-42(2,3)26-21-28(38(52)29(22-26)44(7,8)9)34-24-27(43(4,5)6)23-33(45-34)25-18-19-32-37(20-25)51-40-47-31-15-11-13-17-36(31)49(40)39-46-30-14-10-12-16-35(30)50(39)41(51)48-32/h10-24,52H,1-9H3. The third-order valence-corrected chi connectivity index (χ3v) is 10.4. The van der Waals surface area contributed by atoms with Crippen molar-refractivity contribution in [1.82, 2.24) is 33.1 Å². The molecule has 0 bridgehead atoms. The number of imidazole rings is 3. The molecule has 0 aliphatic heterocycles. The lowest BCUT2D eigenvalue weighted by Crippen LogP contribution is -2.17. The van der Waals surface area contributed by atoms with Gasteiger partial charge in [0.2, 0.25) is 17.3 Å². The van der Waals surface area contributed by atoms with E-state index in [0.717, 1.165) is 89.6 Å². The average Bonchev–Trinajstić information content (AvgIpc) is 3.77. The Labute approximate surface area is 302 Å². The van der Waals surface area contributed by atoms with Crippen molar-refractivity contribution in [3.05, 3.63) is 108 Å². The molecule has 9 rings (SSSR count). The van der Waals surface area contributed by atoms with Crippen LogP contribution >= 0.6 is 0 Å². The van der Waals surface area contributed by atoms with Crippen LogP contribution in [-0.2, 0) is 16.2 Å². The van der Waals surface area contributed by atoms with Gasteiger partial charge in [0.05, 0.1) is 44.5 Å². The van der Waals surface area contributed by atoms with E-state index in [-0.39, 0.29) is 22.0 Å². The number of phenolic OH excluding ortho intramolecular Hbond substituents is 1. The number of aromatic hydroxyl groups is 1. The fourth-order valence-electron chi connectivity index (χ4n) is 7.37. The predicted molar refractivity (Wildman–Crippen MR) is 212 cm³/mol. The molecule has 1 N–H and O–H groups in total. The SMILES string of the molecule is CC(C)(C)c1cc(-c2ccc3nc4n5c6ccccc6nc5n5c6ccccc6nc5n4c3c2)nc(-c2cc(C(C)(C)C)cc(C(C)(C)C)c2O)c1. The van der Waals surface area contributed by atoms with Crippen LogP contribution in [0.2, 0.25) is 0 Å². The zero-order chi connectivity index (χ0) is 36.5. The van der Waals surface area contributed by atoms with E-state index in [9.17, 15) is 5.11 Å². The van der Waals surface area contributed by atoms with Gasteiger partial charge in [0.15, 0.2) is 0 Å². The number of hydrogen-bond donors (Lipinski definition) is 1. The van der Waals surface area contributed by atoms with Gasteiger partial charge in [-0.15, -0.1) is 0 Å². The summed E-state index contributed by atoms with van der Waals surface area (Å²) in [6.07, 6.45) is 0. The van der Waals surface area contributed by atoms with Crippen molar-refractivity contribution in [2.24, 2.45) is 0 Å². The van der Waals surface area contributed by atoms with E-state index in [0.29, 0.717) is 0 Å². The van der Waals surface area contributed by atoms with Crippen LogP contribution in [0.25, 0.3) is 72.9 Å². The minimum atomic E-state index is -0.256. The Morgan fingerprint density at radius 1 is 0.462 bits per heavy atom. The fourth-order valence-corrected chi connectivity index (χ4v) is 7.37. The van der Waals surface area contributed by atoms with Crippen LogP contribution in [-0.4, -0.2) is 38.2 Å². The number of hydrogen-bond acceptors (Lipinski definition) is 5. The molecule has 8 nitrogen and oxygen atoms in total. The molecule has 0 spiro atoms. The van der Waals surface area contributed by atoms with Crippen molar-refractivity contribution in [2.45, 2.75) is 78.6 Å². The Kier molecular flexibility index (Phi) is 6.58. The molecule has 9 aromatic rings. The summed E-state index contributed by atoms with van der Waals surface area (Å²) >= 11 is 0. The third-order valence-electron chi connectivity index (χ3n) is 10.4. The monoisotopic (exact) mass is 685 g/mol. The van der Waals surface area contributed by atoms with Crippen LogP contribution in [0, 0.1) is 0 Å². The second-order valence-electron chi connectivity index (χ2n) is 17.2. The van der Waals surface area contributed by atoms with Crippen LogP contribution < -0.4 is 0 Å². The van der Waals surface area contributed by atoms with E-state index in [1.807, 2.05) is 36.4 Å². The van der Waals surface area contributed by atoms with Crippen LogP contribution in [0.5, 0.6) is 5.75 Å². The van der Waals surface area contributed by atoms with Gasteiger partial charge in [0, 0.05) is 16.7 Å². The number of pyridine rings is 1. The molecular weight excluding hydrogens is 643 g/mol. The lowest BCUT2D eigenvalue weighted by molar-refractivity contribution is 0.446. The van der Waals surface area contributed by atoms with Gasteiger partial charge in [0.1, 0.15) is 5.75 Å². The molecule has 8 heteroatoms. The van der Waals surface area contributed by atoms with Crippen LogP contribution in [0.3, 0.4) is 0 Å². The molecule has 0 aliphatic rings. The highest BCUT2D eigenvalue weighted by atomic mass is 16.3. The Hall–Kier alpha value is -5.76. The van der Waals surface area contributed by atoms with Gasteiger partial charge >= 0.3 is 0 Å². The normalized spacial score (nSPS) is 13.2. The van der Waals surface area contributed by atoms with Gasteiger partial charge < -0.3 is 5.11 Å². The van der Waals surface area contributed by atoms with Gasteiger partial charge in [-0.3, -0.25) is 0 Å². The third kappa shape index (κ3) is 4.80. The number of aromatic nitrogens is 7. The highest BCUT2D eigenvalue weighted by Crippen LogP contribution is 2.43. The largest absolute Gasteiger partial charge is 0.507 e. The van der Waals surface area contributed by atoms with Crippen molar-refractivity contribution < 1.29 is 5.11 Å². The first-order valence-electron chi connectivity index (χ1n) is 18.0. The molecule has 0 aliphatic carbocycles. The fraction of sp³-hybridized carbons (Fsp3) is 0.273. The van der Waals surface area contributed by atoms with Crippen molar-refractivity contribution in [2.75, 3.05) is 0 Å². The first kappa shape index (κ1) is 32.2. The van der Waals surface area contributed by atoms with Crippen molar-refractivity contribution >= 4 is 50.4 Å². The second-order valence-corrected chi connectivity index (χ2v) is 17.2. The Balaban J connectivity index is 1.35. The molecule has 260 valence electrons. The molecule has 5 heterocycles. The number of phenols is 1. The van der Waals surface area contributed by atoms with E-state index < -0.39 is 0 Å². The summed E-state index contributed by atoms with van der Waals surface area (Å²) in [5.41, 5.74) is 11.5. The topological polar surface area (TPSA) is 85.0 Å². The quantitative estimate of drug-likeness (QED) is 0.196. The number of benzene rings is 4. The molecule has 0 fully saturated rings. The first-order chi connectivity index (χ1) is 24.6. The minimum Gasteiger partial charge on any atom is -0.507 e. The summed E-state index contributed by atoms with van der Waals surface area (Å²) in [6, 6.07) is 31.3. The number of fused-ring (bicyclic) bond motifs is 12. The Morgan fingerprint density at radius 3 is 1.48 bits per heavy atom. The zero-order valence-electron chi connectivity index (χ0n) is 31.2. The molecule has 0 saturated heterocycles. The zero-order valence-corrected chi connectivity index (χ0v) is 31.2. The maximum Gasteiger partial charge on any atom is 0.225 e. The summed E-state index contributed by atoms with van der Waals surface area (Å²) < 4.78 is 6.40. The van der Waals surface area contributed by atoms with Gasteiger partial charge in [-0.25, -0.2) is 33.1 Å². The van der Waals surface area contributed by atoms with E-state index in [1.165, 1.54) is 0 Å². The van der Waals surface area contributed by atoms with Crippen molar-refractivity contribution in [3.63, 3.8) is 0 Å². The summed E-state index contributed by atoms with van der Waals surface area (Å²) in [5.74, 6) is 2.54. The van der Waals surface area contributed by atoms with E-state index in [2.05, 4.69) is 130 Å². The van der Waals surface area contributed by atoms with E-state index in [4.69, 9.17) is 19.9 Å². The molecule has 4 aromatic carbocycles. The highest BCUT2D eigenvalue weighted by Gasteiger charge is 2.28. The molecule has 0 saturated carbocycles. The smallest absolute Gasteiger partial charge is 0.225 e. The molecule has 52 heavy (non-hydrogen) atoms. The molecule has 0 unspecified atom stereocenters. The lowest BCUT2D eigenvalue weighted by atomic mass is 9.78. The van der Waals surface area contributed by atoms with Crippen LogP contribution in [0.4, 0.5) is 0 Å². The molecule has 0 amide bonds. The minimum absolute atomic E-state index is 0.115. The molecule has 0 radical (unpaired) electrons. The summed E-state index contributed by atoms with van der Waals surface area (Å²) in [6.45, 7) is 19.7. The summed E-state index contributed by atoms with van der Waals surface area (Å²) in [4.78, 5) is 20.7. The first-order valence-corrected chi connectivity index (χ1v) is 18.0. The maximum atomic E-state index is 11.9. The highest BCUT2D eigenvalue weighted by molar-refractivity contribution is 5.92. The van der Waals surface area contributed by atoms with E-state index in [1.54, 1.807) is 0 Å². The Morgan fingerprint density at radius 2 is 0.942 bits per heavy atom. The van der Waals surface area contributed by atoms with Crippen LogP contribution in [0.1, 0.15) is 79.0 Å². The van der Waals surface area contributed by atoms with Gasteiger partial charge in [-0.2, -0.15) is 0 Å². The van der Waals surface area contributed by atoms with Gasteiger partial charge in [0.25, 0.3) is 0 Å². The maximum absolute atomic E-state index is 11.9. The predicted octanol–water partition coefficient (Wildman–Crippen LogP) is 10.4.